The van der Waals surface area contributed by atoms with E-state index in [9.17, 15) is 0 Å². The van der Waals surface area contributed by atoms with E-state index in [2.05, 4.69) is 57.3 Å². The number of hydrogen-bond donors (Lipinski definition) is 0. The molecule has 2 aliphatic rings. The molecule has 3 aromatic rings. The molecule has 120 valence electrons. The van der Waals surface area contributed by atoms with E-state index >= 15 is 0 Å². The van der Waals surface area contributed by atoms with Crippen LogP contribution in [0.25, 0.3) is 11.0 Å². The molecule has 1 unspecified atom stereocenters. The molecule has 3 heterocycles. The van der Waals surface area contributed by atoms with Gasteiger partial charge in [-0.25, -0.2) is 0 Å². The van der Waals surface area contributed by atoms with Crippen LogP contribution in [0.1, 0.15) is 23.1 Å². The molecule has 1 saturated heterocycles. The molecule has 1 spiro atoms. The highest BCUT2D eigenvalue weighted by molar-refractivity contribution is 5.74. The van der Waals surface area contributed by atoms with E-state index < -0.39 is 0 Å². The van der Waals surface area contributed by atoms with Gasteiger partial charge in [-0.05, 0) is 35.2 Å². The molecule has 5 rings (SSSR count). The topological polar surface area (TPSA) is 38.2 Å². The second-order valence-electron chi connectivity index (χ2n) is 6.78. The van der Waals surface area contributed by atoms with Gasteiger partial charge in [0.15, 0.2) is 0 Å². The summed E-state index contributed by atoms with van der Waals surface area (Å²) in [6.45, 7) is 3.70. The molecule has 4 heteroatoms. The normalized spacial score (nSPS) is 23.2. The van der Waals surface area contributed by atoms with Gasteiger partial charge in [0.05, 0.1) is 17.6 Å². The fourth-order valence-electron chi connectivity index (χ4n) is 4.08. The van der Waals surface area contributed by atoms with Gasteiger partial charge in [0.1, 0.15) is 5.60 Å². The van der Waals surface area contributed by atoms with Crippen molar-refractivity contribution in [2.24, 2.45) is 0 Å². The zero-order chi connectivity index (χ0) is 16.0. The summed E-state index contributed by atoms with van der Waals surface area (Å²) in [5.74, 6) is 0. The standard InChI is InChI=1S/C20H19N3O/c1-2-4-17-16(3-1)13-24-20(17)7-10-23(14-20)12-15-5-6-18-19(11-15)22-9-8-21-18/h1-6,8-9,11H,7,10,12-14H2. The van der Waals surface area contributed by atoms with Gasteiger partial charge in [-0.1, -0.05) is 30.3 Å². The van der Waals surface area contributed by atoms with Crippen LogP contribution in [0.3, 0.4) is 0 Å². The molecule has 0 aliphatic carbocycles. The second kappa shape index (κ2) is 5.36. The van der Waals surface area contributed by atoms with E-state index in [0.717, 1.165) is 43.7 Å². The first kappa shape index (κ1) is 14.1. The third kappa shape index (κ3) is 2.22. The third-order valence-electron chi connectivity index (χ3n) is 5.26. The van der Waals surface area contributed by atoms with Crippen LogP contribution in [0.4, 0.5) is 0 Å². The Balaban J connectivity index is 1.38. The summed E-state index contributed by atoms with van der Waals surface area (Å²) >= 11 is 0. The molecule has 2 aromatic carbocycles. The Morgan fingerprint density at radius 3 is 2.88 bits per heavy atom. The molecule has 4 nitrogen and oxygen atoms in total. The fourth-order valence-corrected chi connectivity index (χ4v) is 4.08. The highest BCUT2D eigenvalue weighted by Crippen LogP contribution is 2.43. The van der Waals surface area contributed by atoms with Crippen molar-refractivity contribution in [1.29, 1.82) is 0 Å². The third-order valence-corrected chi connectivity index (χ3v) is 5.26. The predicted molar refractivity (Wildman–Crippen MR) is 92.3 cm³/mol. The molecule has 0 amide bonds. The van der Waals surface area contributed by atoms with Gasteiger partial charge in [-0.2, -0.15) is 0 Å². The van der Waals surface area contributed by atoms with E-state index in [4.69, 9.17) is 4.74 Å². The monoisotopic (exact) mass is 317 g/mol. The predicted octanol–water partition coefficient (Wildman–Crippen LogP) is 3.26. The van der Waals surface area contributed by atoms with Crippen LogP contribution >= 0.6 is 0 Å². The maximum absolute atomic E-state index is 6.25. The minimum atomic E-state index is -0.104. The van der Waals surface area contributed by atoms with Gasteiger partial charge in [0, 0.05) is 32.0 Å². The second-order valence-corrected chi connectivity index (χ2v) is 6.78. The number of likely N-dealkylation sites (tertiary alicyclic amines) is 1. The molecule has 0 N–H and O–H groups in total. The van der Waals surface area contributed by atoms with Gasteiger partial charge < -0.3 is 4.74 Å². The number of fused-ring (bicyclic) bond motifs is 3. The number of nitrogens with zero attached hydrogens (tertiary/aromatic N) is 3. The summed E-state index contributed by atoms with van der Waals surface area (Å²) in [5, 5.41) is 0. The minimum absolute atomic E-state index is 0.104. The Kier molecular flexibility index (Phi) is 3.15. The summed E-state index contributed by atoms with van der Waals surface area (Å²) in [7, 11) is 0. The first-order chi connectivity index (χ1) is 11.8. The first-order valence-corrected chi connectivity index (χ1v) is 8.47. The molecule has 1 atom stereocenters. The van der Waals surface area contributed by atoms with Crippen LogP contribution in [0.2, 0.25) is 0 Å². The number of hydrogen-bond acceptors (Lipinski definition) is 4. The van der Waals surface area contributed by atoms with E-state index in [1.165, 1.54) is 16.7 Å². The Bertz CT molecular complexity index is 910. The molecule has 2 aliphatic heterocycles. The fraction of sp³-hybridized carbons (Fsp3) is 0.300. The Labute approximate surface area is 141 Å². The summed E-state index contributed by atoms with van der Waals surface area (Å²) in [6.07, 6.45) is 4.55. The van der Waals surface area contributed by atoms with Crippen molar-refractivity contribution in [2.45, 2.75) is 25.2 Å². The van der Waals surface area contributed by atoms with Crippen LogP contribution in [-0.2, 0) is 23.5 Å². The van der Waals surface area contributed by atoms with Crippen LogP contribution in [0.5, 0.6) is 0 Å². The van der Waals surface area contributed by atoms with Crippen LogP contribution < -0.4 is 0 Å². The Morgan fingerprint density at radius 2 is 1.92 bits per heavy atom. The zero-order valence-corrected chi connectivity index (χ0v) is 13.5. The minimum Gasteiger partial charge on any atom is -0.364 e. The Morgan fingerprint density at radius 1 is 1.04 bits per heavy atom. The number of rotatable bonds is 2. The van der Waals surface area contributed by atoms with Gasteiger partial charge in [-0.3, -0.25) is 14.9 Å². The lowest BCUT2D eigenvalue weighted by Crippen LogP contribution is -2.30. The maximum Gasteiger partial charge on any atom is 0.108 e. The zero-order valence-electron chi connectivity index (χ0n) is 13.5. The summed E-state index contributed by atoms with van der Waals surface area (Å²) in [5.41, 5.74) is 5.83. The molecular weight excluding hydrogens is 298 g/mol. The summed E-state index contributed by atoms with van der Waals surface area (Å²) < 4.78 is 6.25. The number of aromatic nitrogens is 2. The molecule has 0 bridgehead atoms. The molecule has 24 heavy (non-hydrogen) atoms. The number of benzene rings is 2. The van der Waals surface area contributed by atoms with Crippen molar-refractivity contribution in [3.63, 3.8) is 0 Å². The number of ether oxygens (including phenoxy) is 1. The average molecular weight is 317 g/mol. The lowest BCUT2D eigenvalue weighted by Gasteiger charge is -2.25. The molecule has 1 aromatic heterocycles. The quantitative estimate of drug-likeness (QED) is 0.727. The van der Waals surface area contributed by atoms with E-state index in [1.807, 2.05) is 0 Å². The highest BCUT2D eigenvalue weighted by Gasteiger charge is 2.45. The maximum atomic E-state index is 6.25. The molecular formula is C20H19N3O. The first-order valence-electron chi connectivity index (χ1n) is 8.47. The SMILES string of the molecule is c1ccc2c(c1)COC21CCN(Cc2ccc3nccnc3c2)C1. The van der Waals surface area contributed by atoms with Crippen molar-refractivity contribution in [2.75, 3.05) is 13.1 Å². The van der Waals surface area contributed by atoms with E-state index in [-0.39, 0.29) is 5.60 Å². The van der Waals surface area contributed by atoms with Gasteiger partial charge in [0.25, 0.3) is 0 Å². The van der Waals surface area contributed by atoms with E-state index in [1.54, 1.807) is 12.4 Å². The largest absolute Gasteiger partial charge is 0.364 e. The summed E-state index contributed by atoms with van der Waals surface area (Å²) in [6, 6.07) is 15.0. The van der Waals surface area contributed by atoms with Crippen molar-refractivity contribution in [3.05, 3.63) is 71.5 Å². The van der Waals surface area contributed by atoms with Gasteiger partial charge >= 0.3 is 0 Å². The van der Waals surface area contributed by atoms with Gasteiger partial charge in [-0.15, -0.1) is 0 Å². The lowest BCUT2D eigenvalue weighted by molar-refractivity contribution is -0.0299. The molecule has 0 saturated carbocycles. The molecule has 0 radical (unpaired) electrons. The van der Waals surface area contributed by atoms with Crippen molar-refractivity contribution in [1.82, 2.24) is 14.9 Å². The smallest absolute Gasteiger partial charge is 0.108 e. The van der Waals surface area contributed by atoms with Crippen LogP contribution in [0, 0.1) is 0 Å². The van der Waals surface area contributed by atoms with Crippen LogP contribution in [0.15, 0.2) is 54.9 Å². The van der Waals surface area contributed by atoms with Crippen molar-refractivity contribution >= 4 is 11.0 Å². The van der Waals surface area contributed by atoms with Crippen molar-refractivity contribution < 1.29 is 4.74 Å². The highest BCUT2D eigenvalue weighted by atomic mass is 16.5. The van der Waals surface area contributed by atoms with Gasteiger partial charge in [0.2, 0.25) is 0 Å². The Hall–Kier alpha value is -2.30. The van der Waals surface area contributed by atoms with Crippen LogP contribution in [-0.4, -0.2) is 28.0 Å². The lowest BCUT2D eigenvalue weighted by atomic mass is 9.92. The van der Waals surface area contributed by atoms with Crippen molar-refractivity contribution in [3.8, 4) is 0 Å². The average Bonchev–Trinajstić information content (AvgIpc) is 3.20. The molecule has 1 fully saturated rings. The van der Waals surface area contributed by atoms with E-state index in [0.29, 0.717) is 0 Å². The summed E-state index contributed by atoms with van der Waals surface area (Å²) in [4.78, 5) is 11.2.